The molecule has 2 heterocycles. The lowest BCUT2D eigenvalue weighted by atomic mass is 10.1. The smallest absolute Gasteiger partial charge is 0.254 e. The maximum atomic E-state index is 12.4. The van der Waals surface area contributed by atoms with Gasteiger partial charge in [0.1, 0.15) is 0 Å². The number of fused-ring (bicyclic) bond motifs is 1. The standard InChI is InChI=1S/C15H15N3O2/c1-17-5-4-10(7-14(17)19)15(20)18-8-11-2-3-13(16)6-12(11)9-18/h2-7H,8-9,16H2,1H3. The number of amides is 1. The van der Waals surface area contributed by atoms with Crippen molar-refractivity contribution in [2.75, 3.05) is 5.73 Å². The number of nitrogens with zero attached hydrogens (tertiary/aromatic N) is 2. The van der Waals surface area contributed by atoms with Crippen molar-refractivity contribution in [3.63, 3.8) is 0 Å². The van der Waals surface area contributed by atoms with Crippen molar-refractivity contribution in [2.45, 2.75) is 13.1 Å². The van der Waals surface area contributed by atoms with Gasteiger partial charge in [0.15, 0.2) is 0 Å². The molecule has 0 atom stereocenters. The third-order valence-electron chi connectivity index (χ3n) is 3.59. The van der Waals surface area contributed by atoms with Gasteiger partial charge in [-0.2, -0.15) is 0 Å². The first-order valence-electron chi connectivity index (χ1n) is 6.38. The lowest BCUT2D eigenvalue weighted by molar-refractivity contribution is 0.0751. The highest BCUT2D eigenvalue weighted by Gasteiger charge is 2.24. The van der Waals surface area contributed by atoms with E-state index in [1.807, 2.05) is 18.2 Å². The maximum Gasteiger partial charge on any atom is 0.254 e. The Morgan fingerprint density at radius 3 is 2.65 bits per heavy atom. The normalized spacial score (nSPS) is 13.3. The van der Waals surface area contributed by atoms with Crippen molar-refractivity contribution in [1.29, 1.82) is 0 Å². The van der Waals surface area contributed by atoms with Gasteiger partial charge in [-0.25, -0.2) is 0 Å². The Morgan fingerprint density at radius 1 is 1.15 bits per heavy atom. The molecule has 0 unspecified atom stereocenters. The molecule has 0 spiro atoms. The second-order valence-corrected chi connectivity index (χ2v) is 5.05. The zero-order valence-electron chi connectivity index (χ0n) is 11.2. The van der Waals surface area contributed by atoms with Crippen LogP contribution in [0.2, 0.25) is 0 Å². The Morgan fingerprint density at radius 2 is 1.90 bits per heavy atom. The summed E-state index contributed by atoms with van der Waals surface area (Å²) in [4.78, 5) is 25.7. The lowest BCUT2D eigenvalue weighted by Crippen LogP contribution is -2.27. The van der Waals surface area contributed by atoms with Gasteiger partial charge < -0.3 is 15.2 Å². The average molecular weight is 269 g/mol. The number of aromatic nitrogens is 1. The lowest BCUT2D eigenvalue weighted by Gasteiger charge is -2.15. The first-order valence-corrected chi connectivity index (χ1v) is 6.38. The number of carbonyl (C=O) groups excluding carboxylic acids is 1. The van der Waals surface area contributed by atoms with E-state index in [4.69, 9.17) is 5.73 Å². The highest BCUT2D eigenvalue weighted by atomic mass is 16.2. The van der Waals surface area contributed by atoms with Crippen LogP contribution in [0.25, 0.3) is 0 Å². The van der Waals surface area contributed by atoms with Gasteiger partial charge >= 0.3 is 0 Å². The minimum Gasteiger partial charge on any atom is -0.399 e. The summed E-state index contributed by atoms with van der Waals surface area (Å²) in [6.07, 6.45) is 1.61. The number of aryl methyl sites for hydroxylation is 1. The second kappa shape index (κ2) is 4.52. The molecule has 5 heteroatoms. The van der Waals surface area contributed by atoms with E-state index in [9.17, 15) is 9.59 Å². The van der Waals surface area contributed by atoms with E-state index in [1.54, 1.807) is 24.2 Å². The van der Waals surface area contributed by atoms with E-state index in [0.29, 0.717) is 24.3 Å². The number of benzene rings is 1. The SMILES string of the molecule is Cn1ccc(C(=O)N2Cc3ccc(N)cc3C2)cc1=O. The Kier molecular flexibility index (Phi) is 2.82. The zero-order valence-corrected chi connectivity index (χ0v) is 11.2. The first-order chi connectivity index (χ1) is 9.54. The molecule has 0 aliphatic carbocycles. The van der Waals surface area contributed by atoms with Crippen molar-refractivity contribution in [3.8, 4) is 0 Å². The predicted molar refractivity (Wildman–Crippen MR) is 76.1 cm³/mol. The van der Waals surface area contributed by atoms with Gasteiger partial charge in [0.05, 0.1) is 0 Å². The van der Waals surface area contributed by atoms with E-state index in [1.165, 1.54) is 10.6 Å². The van der Waals surface area contributed by atoms with Crippen molar-refractivity contribution >= 4 is 11.6 Å². The van der Waals surface area contributed by atoms with Gasteiger partial charge in [-0.3, -0.25) is 9.59 Å². The summed E-state index contributed by atoms with van der Waals surface area (Å²) in [5, 5.41) is 0. The number of nitrogens with two attached hydrogens (primary N) is 1. The minimum absolute atomic E-state index is 0.127. The number of hydrogen-bond acceptors (Lipinski definition) is 3. The van der Waals surface area contributed by atoms with Crippen molar-refractivity contribution < 1.29 is 4.79 Å². The van der Waals surface area contributed by atoms with Crippen molar-refractivity contribution in [2.24, 2.45) is 7.05 Å². The van der Waals surface area contributed by atoms with Crippen LogP contribution in [-0.2, 0) is 20.1 Å². The molecule has 1 amide bonds. The molecule has 0 saturated heterocycles. The molecule has 2 N–H and O–H groups in total. The fraction of sp³-hybridized carbons (Fsp3) is 0.200. The predicted octanol–water partition coefficient (Wildman–Crippen LogP) is 1.12. The van der Waals surface area contributed by atoms with Crippen LogP contribution in [-0.4, -0.2) is 15.4 Å². The Labute approximate surface area is 116 Å². The second-order valence-electron chi connectivity index (χ2n) is 5.05. The number of rotatable bonds is 1. The summed E-state index contributed by atoms with van der Waals surface area (Å²) in [6.45, 7) is 1.10. The Balaban J connectivity index is 1.87. The van der Waals surface area contributed by atoms with Gasteiger partial charge in [-0.15, -0.1) is 0 Å². The third kappa shape index (κ3) is 2.07. The molecule has 20 heavy (non-hydrogen) atoms. The van der Waals surface area contributed by atoms with Gasteiger partial charge in [-0.05, 0) is 29.3 Å². The molecule has 1 aromatic heterocycles. The molecule has 0 radical (unpaired) electrons. The van der Waals surface area contributed by atoms with Crippen molar-refractivity contribution in [1.82, 2.24) is 9.47 Å². The summed E-state index contributed by atoms with van der Waals surface area (Å²) in [7, 11) is 1.66. The molecule has 3 rings (SSSR count). The Hall–Kier alpha value is -2.56. The first kappa shape index (κ1) is 12.5. The van der Waals surface area contributed by atoms with Crippen molar-refractivity contribution in [3.05, 3.63) is 63.6 Å². The number of hydrogen-bond donors (Lipinski definition) is 1. The van der Waals surface area contributed by atoms with Crippen LogP contribution in [0.4, 0.5) is 5.69 Å². The minimum atomic E-state index is -0.184. The molecule has 2 aromatic rings. The maximum absolute atomic E-state index is 12.4. The molecular weight excluding hydrogens is 254 g/mol. The monoisotopic (exact) mass is 269 g/mol. The van der Waals surface area contributed by atoms with Crippen LogP contribution < -0.4 is 11.3 Å². The van der Waals surface area contributed by atoms with Gasteiger partial charge in [0.2, 0.25) is 0 Å². The molecule has 102 valence electrons. The summed E-state index contributed by atoms with van der Waals surface area (Å²) in [5.41, 5.74) is 8.87. The average Bonchev–Trinajstić information content (AvgIpc) is 2.84. The van der Waals surface area contributed by atoms with Crippen LogP contribution in [0.1, 0.15) is 21.5 Å². The van der Waals surface area contributed by atoms with E-state index in [-0.39, 0.29) is 11.5 Å². The van der Waals surface area contributed by atoms with E-state index in [2.05, 4.69) is 0 Å². The van der Waals surface area contributed by atoms with Crippen LogP contribution in [0.3, 0.4) is 0 Å². The summed E-state index contributed by atoms with van der Waals surface area (Å²) in [5.74, 6) is -0.127. The molecule has 0 saturated carbocycles. The fourth-order valence-electron chi connectivity index (χ4n) is 2.42. The molecule has 0 bridgehead atoms. The van der Waals surface area contributed by atoms with Crippen LogP contribution >= 0.6 is 0 Å². The summed E-state index contributed by atoms with van der Waals surface area (Å²) < 4.78 is 1.44. The molecule has 0 fully saturated rings. The fourth-order valence-corrected chi connectivity index (χ4v) is 2.42. The van der Waals surface area contributed by atoms with Gasteiger partial charge in [0, 0.05) is 43.7 Å². The van der Waals surface area contributed by atoms with E-state index in [0.717, 1.165) is 11.1 Å². The third-order valence-corrected chi connectivity index (χ3v) is 3.59. The van der Waals surface area contributed by atoms with E-state index < -0.39 is 0 Å². The Bertz CT molecular complexity index is 749. The van der Waals surface area contributed by atoms with Crippen LogP contribution in [0, 0.1) is 0 Å². The highest BCUT2D eigenvalue weighted by molar-refractivity contribution is 5.94. The summed E-state index contributed by atoms with van der Waals surface area (Å²) in [6, 6.07) is 8.72. The molecular formula is C15H15N3O2. The van der Waals surface area contributed by atoms with Gasteiger partial charge in [0.25, 0.3) is 11.5 Å². The van der Waals surface area contributed by atoms with Crippen LogP contribution in [0.15, 0.2) is 41.3 Å². The number of anilines is 1. The number of carbonyl (C=O) groups is 1. The van der Waals surface area contributed by atoms with Gasteiger partial charge in [-0.1, -0.05) is 6.07 Å². The largest absolute Gasteiger partial charge is 0.399 e. The topological polar surface area (TPSA) is 68.3 Å². The zero-order chi connectivity index (χ0) is 14.3. The molecule has 5 nitrogen and oxygen atoms in total. The molecule has 1 aliphatic heterocycles. The summed E-state index contributed by atoms with van der Waals surface area (Å²) >= 11 is 0. The molecule has 1 aliphatic rings. The van der Waals surface area contributed by atoms with Crippen LogP contribution in [0.5, 0.6) is 0 Å². The number of pyridine rings is 1. The number of nitrogen functional groups attached to an aromatic ring is 1. The highest BCUT2D eigenvalue weighted by Crippen LogP contribution is 2.25. The van der Waals surface area contributed by atoms with E-state index >= 15 is 0 Å². The quantitative estimate of drug-likeness (QED) is 0.789. The molecule has 1 aromatic carbocycles.